The Balaban J connectivity index is 2.90. The van der Waals surface area contributed by atoms with Gasteiger partial charge in [0.1, 0.15) is 17.4 Å². The Bertz CT molecular complexity index is 650. The second kappa shape index (κ2) is 14.9. The molecule has 30 heavy (non-hydrogen) atoms. The van der Waals surface area contributed by atoms with Crippen molar-refractivity contribution in [3.05, 3.63) is 33.6 Å². The molecular weight excluding hydrogens is 420 g/mol. The van der Waals surface area contributed by atoms with E-state index >= 15 is 0 Å². The lowest BCUT2D eigenvalue weighted by Crippen LogP contribution is -2.16. The fourth-order valence-electron chi connectivity index (χ4n) is 3.50. The summed E-state index contributed by atoms with van der Waals surface area (Å²) in [6, 6.07) is 0. The van der Waals surface area contributed by atoms with Gasteiger partial charge in [-0.1, -0.05) is 44.8 Å². The summed E-state index contributed by atoms with van der Waals surface area (Å²) in [4.78, 5) is 25.1. The fraction of sp³-hybridized carbons (Fsp3) is 0.652. The molecule has 7 heteroatoms. The van der Waals surface area contributed by atoms with Gasteiger partial charge in [-0.25, -0.2) is 0 Å². The molecule has 3 atom stereocenters. The van der Waals surface area contributed by atoms with Crippen LogP contribution in [-0.4, -0.2) is 40.5 Å². The number of hydrogen-bond acceptors (Lipinski definition) is 5. The predicted molar refractivity (Wildman–Crippen MR) is 125 cm³/mol. The third kappa shape index (κ3) is 9.00. The molecule has 0 aromatic heterocycles. The molecule has 0 N–H and O–H groups in total. The first-order valence-electron chi connectivity index (χ1n) is 10.7. The SMILES string of the molecule is CCCCCCC=CC1C=C([S+](C)[O-])C(=O)C1=C(CCCCCC(=O)OC)[S+](C)[O-]. The maximum atomic E-state index is 12.9. The third-order valence-electron chi connectivity index (χ3n) is 5.17. The van der Waals surface area contributed by atoms with Crippen molar-refractivity contribution in [2.75, 3.05) is 19.6 Å². The molecule has 0 bridgehead atoms. The van der Waals surface area contributed by atoms with E-state index in [1.807, 2.05) is 6.08 Å². The zero-order valence-electron chi connectivity index (χ0n) is 18.7. The molecule has 0 radical (unpaired) electrons. The average Bonchev–Trinajstić information content (AvgIpc) is 3.03. The molecule has 0 saturated heterocycles. The maximum absolute atomic E-state index is 12.9. The highest BCUT2D eigenvalue weighted by molar-refractivity contribution is 7.95. The van der Waals surface area contributed by atoms with Gasteiger partial charge in [0.25, 0.3) is 0 Å². The molecule has 0 aromatic carbocycles. The topological polar surface area (TPSA) is 89.5 Å². The molecule has 0 aromatic rings. The standard InChI is InChI=1S/C23H36O5S2/c1-5-6-7-8-9-11-14-18-17-20(30(4)27)23(25)22(18)19(29(3)26)15-12-10-13-16-21(24)28-2/h11,14,17-18H,5-10,12-13,15-16H2,1-4H3. The van der Waals surface area contributed by atoms with Crippen LogP contribution in [0.2, 0.25) is 0 Å². The predicted octanol–water partition coefficient (Wildman–Crippen LogP) is 4.73. The largest absolute Gasteiger partial charge is 0.612 e. The zero-order chi connectivity index (χ0) is 22.5. The van der Waals surface area contributed by atoms with Crippen LogP contribution in [0.4, 0.5) is 0 Å². The fourth-order valence-corrected chi connectivity index (χ4v) is 5.18. The van der Waals surface area contributed by atoms with Crippen molar-refractivity contribution in [2.45, 2.75) is 71.1 Å². The molecule has 3 unspecified atom stereocenters. The Hall–Kier alpha value is -1.02. The Morgan fingerprint density at radius 2 is 1.77 bits per heavy atom. The molecule has 0 spiro atoms. The summed E-state index contributed by atoms with van der Waals surface area (Å²) in [6.07, 6.45) is 17.7. The van der Waals surface area contributed by atoms with Gasteiger partial charge in [-0.15, -0.1) is 0 Å². The summed E-state index contributed by atoms with van der Waals surface area (Å²) < 4.78 is 29.1. The lowest BCUT2D eigenvalue weighted by Gasteiger charge is -2.15. The Morgan fingerprint density at radius 3 is 2.37 bits per heavy atom. The van der Waals surface area contributed by atoms with Gasteiger partial charge >= 0.3 is 5.97 Å². The van der Waals surface area contributed by atoms with E-state index in [0.717, 1.165) is 25.7 Å². The molecule has 0 saturated carbocycles. The number of allylic oxidation sites excluding steroid dienone is 6. The number of ether oxygens (including phenoxy) is 1. The van der Waals surface area contributed by atoms with Crippen LogP contribution in [0.25, 0.3) is 0 Å². The number of unbranched alkanes of at least 4 members (excludes halogenated alkanes) is 6. The van der Waals surface area contributed by atoms with Crippen molar-refractivity contribution in [3.8, 4) is 0 Å². The minimum absolute atomic E-state index is 0.234. The van der Waals surface area contributed by atoms with Gasteiger partial charge in [-0.2, -0.15) is 0 Å². The highest BCUT2D eigenvalue weighted by atomic mass is 32.2. The van der Waals surface area contributed by atoms with E-state index in [2.05, 4.69) is 17.7 Å². The van der Waals surface area contributed by atoms with Crippen molar-refractivity contribution in [1.29, 1.82) is 0 Å². The smallest absolute Gasteiger partial charge is 0.305 e. The first-order valence-corrected chi connectivity index (χ1v) is 13.8. The summed E-state index contributed by atoms with van der Waals surface area (Å²) in [7, 11) is 1.37. The van der Waals surface area contributed by atoms with E-state index in [4.69, 9.17) is 0 Å². The number of hydrogen-bond donors (Lipinski definition) is 0. The molecule has 0 amide bonds. The van der Waals surface area contributed by atoms with Gasteiger partial charge in [0.05, 0.1) is 12.7 Å². The number of methoxy groups -OCH3 is 1. The highest BCUT2D eigenvalue weighted by Crippen LogP contribution is 2.36. The molecule has 1 aliphatic carbocycles. The van der Waals surface area contributed by atoms with Gasteiger partial charge in [0.15, 0.2) is 4.91 Å². The maximum Gasteiger partial charge on any atom is 0.305 e. The van der Waals surface area contributed by atoms with E-state index in [1.165, 1.54) is 32.6 Å². The van der Waals surface area contributed by atoms with E-state index in [-0.39, 0.29) is 17.7 Å². The van der Waals surface area contributed by atoms with Crippen molar-refractivity contribution >= 4 is 34.1 Å². The lowest BCUT2D eigenvalue weighted by molar-refractivity contribution is -0.140. The van der Waals surface area contributed by atoms with Crippen LogP contribution in [-0.2, 0) is 36.7 Å². The first kappa shape index (κ1) is 27.0. The van der Waals surface area contributed by atoms with Crippen molar-refractivity contribution in [1.82, 2.24) is 0 Å². The summed E-state index contributed by atoms with van der Waals surface area (Å²) in [5.41, 5.74) is 0.527. The van der Waals surface area contributed by atoms with Crippen LogP contribution in [0.1, 0.15) is 71.1 Å². The van der Waals surface area contributed by atoms with Crippen LogP contribution < -0.4 is 0 Å². The Kier molecular flexibility index (Phi) is 13.4. The summed E-state index contributed by atoms with van der Waals surface area (Å²) in [5.74, 6) is -0.741. The monoisotopic (exact) mass is 456 g/mol. The zero-order valence-corrected chi connectivity index (χ0v) is 20.4. The van der Waals surface area contributed by atoms with Gasteiger partial charge in [0, 0.05) is 18.8 Å². The second-order valence-electron chi connectivity index (χ2n) is 7.55. The van der Waals surface area contributed by atoms with Crippen LogP contribution in [0.3, 0.4) is 0 Å². The van der Waals surface area contributed by atoms with Crippen molar-refractivity contribution < 1.29 is 23.4 Å². The molecule has 0 fully saturated rings. The minimum atomic E-state index is -1.38. The molecule has 0 aliphatic heterocycles. The Labute approximate surface area is 187 Å². The highest BCUT2D eigenvalue weighted by Gasteiger charge is 2.39. The molecule has 0 heterocycles. The van der Waals surface area contributed by atoms with Gasteiger partial charge in [-0.05, 0) is 54.1 Å². The molecule has 5 nitrogen and oxygen atoms in total. The minimum Gasteiger partial charge on any atom is -0.612 e. The second-order valence-corrected chi connectivity index (χ2v) is 10.3. The van der Waals surface area contributed by atoms with E-state index in [0.29, 0.717) is 34.6 Å². The lowest BCUT2D eigenvalue weighted by atomic mass is 9.98. The molecule has 170 valence electrons. The summed E-state index contributed by atoms with van der Waals surface area (Å²) in [5, 5.41) is 0. The Morgan fingerprint density at radius 1 is 1.10 bits per heavy atom. The van der Waals surface area contributed by atoms with Gasteiger partial charge < -0.3 is 13.8 Å². The van der Waals surface area contributed by atoms with Crippen LogP contribution >= 0.6 is 0 Å². The quantitative estimate of drug-likeness (QED) is 0.124. The summed E-state index contributed by atoms with van der Waals surface area (Å²) in [6.45, 7) is 2.18. The van der Waals surface area contributed by atoms with E-state index in [9.17, 15) is 18.7 Å². The number of carbonyl (C=O) groups is 2. The number of Topliss-reactive ketones (excluding diaryl/α,β-unsaturated/α-hetero) is 1. The van der Waals surface area contributed by atoms with Crippen molar-refractivity contribution in [3.63, 3.8) is 0 Å². The third-order valence-corrected chi connectivity index (χ3v) is 7.23. The van der Waals surface area contributed by atoms with Crippen molar-refractivity contribution in [2.24, 2.45) is 5.92 Å². The average molecular weight is 457 g/mol. The van der Waals surface area contributed by atoms with Gasteiger partial charge in [0.2, 0.25) is 5.78 Å². The normalized spacial score (nSPS) is 20.4. The number of carbonyl (C=O) groups excluding carboxylic acids is 2. The van der Waals surface area contributed by atoms with E-state index in [1.54, 1.807) is 12.3 Å². The number of ketones is 1. The van der Waals surface area contributed by atoms with Crippen LogP contribution in [0.5, 0.6) is 0 Å². The van der Waals surface area contributed by atoms with Crippen LogP contribution in [0.15, 0.2) is 33.6 Å². The molecular formula is C23H36O5S2. The number of rotatable bonds is 14. The van der Waals surface area contributed by atoms with Crippen LogP contribution in [0, 0.1) is 5.92 Å². The van der Waals surface area contributed by atoms with E-state index < -0.39 is 22.4 Å². The van der Waals surface area contributed by atoms with Gasteiger partial charge in [-0.3, -0.25) is 9.59 Å². The number of esters is 1. The molecule has 1 aliphatic rings. The molecule has 1 rings (SSSR count). The summed E-state index contributed by atoms with van der Waals surface area (Å²) >= 11 is -2.66. The first-order chi connectivity index (χ1) is 14.3.